The van der Waals surface area contributed by atoms with Gasteiger partial charge in [0.05, 0.1) is 18.7 Å². The van der Waals surface area contributed by atoms with Crippen molar-refractivity contribution in [2.24, 2.45) is 0 Å². The molecule has 3 aromatic rings. The van der Waals surface area contributed by atoms with Crippen LogP contribution in [0.5, 0.6) is 5.75 Å². The molecule has 0 unspecified atom stereocenters. The van der Waals surface area contributed by atoms with Crippen molar-refractivity contribution in [1.29, 1.82) is 0 Å². The summed E-state index contributed by atoms with van der Waals surface area (Å²) in [6.45, 7) is 5.40. The van der Waals surface area contributed by atoms with Crippen molar-refractivity contribution in [3.8, 4) is 16.9 Å². The maximum atomic E-state index is 11.8. The number of carboxylic acids is 1. The molecule has 34 heavy (non-hydrogen) atoms. The minimum Gasteiger partial charge on any atom is -0.491 e. The third-order valence-corrected chi connectivity index (χ3v) is 6.54. The summed E-state index contributed by atoms with van der Waals surface area (Å²) < 4.78 is 11.3. The monoisotopic (exact) mass is 478 g/mol. The molecule has 0 saturated carbocycles. The molecule has 7 heteroatoms. The molecule has 4 rings (SSSR count). The molecule has 1 aliphatic heterocycles. The maximum Gasteiger partial charge on any atom is 0.331 e. The summed E-state index contributed by atoms with van der Waals surface area (Å²) in [6, 6.07) is 14.2. The Bertz CT molecular complexity index is 1110. The molecule has 0 spiro atoms. The SMILES string of the molecule is CCCCOCCOc1ccc(-c2ccc3c(c2)C=C(C(=O)O)CCN3Cc2cncs2)cc1. The van der Waals surface area contributed by atoms with E-state index in [1.165, 1.54) is 0 Å². The van der Waals surface area contributed by atoms with Gasteiger partial charge in [0.1, 0.15) is 12.4 Å². The number of carboxylic acid groups (broad SMARTS) is 1. The fourth-order valence-corrected chi connectivity index (χ4v) is 4.53. The quantitative estimate of drug-likeness (QED) is 0.347. The number of ether oxygens (including phenoxy) is 2. The molecular weight excluding hydrogens is 448 g/mol. The summed E-state index contributed by atoms with van der Waals surface area (Å²) in [5.74, 6) is -0.0578. The van der Waals surface area contributed by atoms with E-state index in [9.17, 15) is 9.90 Å². The van der Waals surface area contributed by atoms with E-state index < -0.39 is 5.97 Å². The molecular formula is C27H30N2O4S. The van der Waals surface area contributed by atoms with E-state index >= 15 is 0 Å². The Labute approximate surface area is 204 Å². The molecule has 178 valence electrons. The highest BCUT2D eigenvalue weighted by atomic mass is 32.1. The minimum absolute atomic E-state index is 0.426. The first-order valence-electron chi connectivity index (χ1n) is 11.6. The molecule has 6 nitrogen and oxygen atoms in total. The Morgan fingerprint density at radius 2 is 1.94 bits per heavy atom. The topological polar surface area (TPSA) is 71.9 Å². The van der Waals surface area contributed by atoms with Gasteiger partial charge in [0.15, 0.2) is 0 Å². The number of aromatic nitrogens is 1. The Morgan fingerprint density at radius 3 is 2.68 bits per heavy atom. The van der Waals surface area contributed by atoms with Crippen molar-refractivity contribution >= 4 is 29.1 Å². The Kier molecular flexibility index (Phi) is 8.33. The van der Waals surface area contributed by atoms with Crippen molar-refractivity contribution in [3.05, 3.63) is 70.2 Å². The number of rotatable bonds is 11. The van der Waals surface area contributed by atoms with E-state index in [1.54, 1.807) is 11.3 Å². The smallest absolute Gasteiger partial charge is 0.331 e. The van der Waals surface area contributed by atoms with Gasteiger partial charge in [-0.25, -0.2) is 4.79 Å². The summed E-state index contributed by atoms with van der Waals surface area (Å²) in [7, 11) is 0. The van der Waals surface area contributed by atoms with Crippen LogP contribution in [-0.2, 0) is 16.1 Å². The number of benzene rings is 2. The number of unbranched alkanes of at least 4 members (excludes halogenated alkanes) is 1. The van der Waals surface area contributed by atoms with E-state index in [0.29, 0.717) is 38.3 Å². The van der Waals surface area contributed by atoms with Crippen LogP contribution >= 0.6 is 11.3 Å². The lowest BCUT2D eigenvalue weighted by atomic mass is 10.00. The number of thiazole rings is 1. The van der Waals surface area contributed by atoms with Gasteiger partial charge in [-0.2, -0.15) is 0 Å². The molecule has 0 bridgehead atoms. The highest BCUT2D eigenvalue weighted by molar-refractivity contribution is 7.09. The van der Waals surface area contributed by atoms with Crippen molar-refractivity contribution in [1.82, 2.24) is 4.98 Å². The van der Waals surface area contributed by atoms with Crippen molar-refractivity contribution in [3.63, 3.8) is 0 Å². The number of hydrogen-bond acceptors (Lipinski definition) is 6. The molecule has 0 amide bonds. The van der Waals surface area contributed by atoms with Crippen LogP contribution < -0.4 is 9.64 Å². The normalized spacial score (nSPS) is 13.2. The molecule has 1 aromatic heterocycles. The van der Waals surface area contributed by atoms with Gasteiger partial charge in [-0.1, -0.05) is 31.5 Å². The van der Waals surface area contributed by atoms with Crippen LogP contribution in [0.1, 0.15) is 36.6 Å². The van der Waals surface area contributed by atoms with Crippen molar-refractivity contribution in [2.45, 2.75) is 32.7 Å². The Balaban J connectivity index is 1.50. The summed E-state index contributed by atoms with van der Waals surface area (Å²) in [5, 5.41) is 9.66. The molecule has 2 aromatic carbocycles. The molecule has 0 saturated heterocycles. The van der Waals surface area contributed by atoms with Crippen LogP contribution in [0.3, 0.4) is 0 Å². The second-order valence-corrected chi connectivity index (χ2v) is 9.20. The Morgan fingerprint density at radius 1 is 1.12 bits per heavy atom. The van der Waals surface area contributed by atoms with Crippen LogP contribution in [0, 0.1) is 0 Å². The van der Waals surface area contributed by atoms with Gasteiger partial charge in [0.25, 0.3) is 0 Å². The number of hydrogen-bond donors (Lipinski definition) is 1. The highest BCUT2D eigenvalue weighted by Crippen LogP contribution is 2.34. The molecule has 0 aliphatic carbocycles. The largest absolute Gasteiger partial charge is 0.491 e. The summed E-state index contributed by atoms with van der Waals surface area (Å²) in [5.41, 5.74) is 6.30. The van der Waals surface area contributed by atoms with Gasteiger partial charge in [0.2, 0.25) is 0 Å². The van der Waals surface area contributed by atoms with Crippen LogP contribution in [-0.4, -0.2) is 42.4 Å². The number of anilines is 1. The molecule has 1 N–H and O–H groups in total. The molecule has 0 atom stereocenters. The zero-order valence-corrected chi connectivity index (χ0v) is 20.2. The highest BCUT2D eigenvalue weighted by Gasteiger charge is 2.20. The van der Waals surface area contributed by atoms with E-state index in [1.807, 2.05) is 42.0 Å². The average molecular weight is 479 g/mol. The number of fused-ring (bicyclic) bond motifs is 1. The second kappa shape index (κ2) is 11.8. The number of carbonyl (C=O) groups is 1. The first-order valence-corrected chi connectivity index (χ1v) is 12.5. The molecule has 2 heterocycles. The van der Waals surface area contributed by atoms with Gasteiger partial charge >= 0.3 is 5.97 Å². The number of aliphatic carboxylic acids is 1. The summed E-state index contributed by atoms with van der Waals surface area (Å²) in [6.07, 6.45) is 6.37. The Hall–Kier alpha value is -3.16. The lowest BCUT2D eigenvalue weighted by Gasteiger charge is -2.24. The van der Waals surface area contributed by atoms with E-state index in [0.717, 1.165) is 52.5 Å². The predicted octanol–water partition coefficient (Wildman–Crippen LogP) is 5.88. The van der Waals surface area contributed by atoms with E-state index in [4.69, 9.17) is 9.47 Å². The van der Waals surface area contributed by atoms with E-state index in [2.05, 4.69) is 35.0 Å². The second-order valence-electron chi connectivity index (χ2n) is 8.23. The lowest BCUT2D eigenvalue weighted by molar-refractivity contribution is -0.132. The zero-order chi connectivity index (χ0) is 23.8. The van der Waals surface area contributed by atoms with Crippen molar-refractivity contribution in [2.75, 3.05) is 31.3 Å². The third-order valence-electron chi connectivity index (χ3n) is 5.78. The first kappa shape index (κ1) is 24.0. The molecule has 0 fully saturated rings. The van der Waals surface area contributed by atoms with Crippen LogP contribution in [0.15, 0.2) is 59.7 Å². The van der Waals surface area contributed by atoms with Crippen molar-refractivity contribution < 1.29 is 19.4 Å². The first-order chi connectivity index (χ1) is 16.6. The van der Waals surface area contributed by atoms with Gasteiger partial charge in [-0.3, -0.25) is 4.98 Å². The fraction of sp³-hybridized carbons (Fsp3) is 0.333. The van der Waals surface area contributed by atoms with Crippen LogP contribution in [0.25, 0.3) is 17.2 Å². The zero-order valence-electron chi connectivity index (χ0n) is 19.4. The third kappa shape index (κ3) is 6.24. The standard InChI is InChI=1S/C27H30N2O4S/c1-2-3-12-32-13-14-33-24-7-4-20(5-8-24)21-6-9-26-23(15-21)16-22(27(30)31)10-11-29(26)18-25-17-28-19-34-25/h4-9,15-17,19H,2-3,10-14,18H2,1H3,(H,30,31). The molecule has 0 radical (unpaired) electrons. The van der Waals surface area contributed by atoms with E-state index in [-0.39, 0.29) is 0 Å². The maximum absolute atomic E-state index is 11.8. The summed E-state index contributed by atoms with van der Waals surface area (Å²) in [4.78, 5) is 19.3. The van der Waals surface area contributed by atoms with Gasteiger partial charge in [-0.05, 0) is 59.9 Å². The van der Waals surface area contributed by atoms with Gasteiger partial charge in [0, 0.05) is 35.5 Å². The number of nitrogens with zero attached hydrogens (tertiary/aromatic N) is 2. The van der Waals surface area contributed by atoms with Gasteiger partial charge < -0.3 is 19.5 Å². The minimum atomic E-state index is -0.865. The van der Waals surface area contributed by atoms with Crippen LogP contribution in [0.4, 0.5) is 5.69 Å². The summed E-state index contributed by atoms with van der Waals surface area (Å²) >= 11 is 1.61. The molecule has 1 aliphatic rings. The van der Waals surface area contributed by atoms with Crippen LogP contribution in [0.2, 0.25) is 0 Å². The van der Waals surface area contributed by atoms with Gasteiger partial charge in [-0.15, -0.1) is 11.3 Å². The fourth-order valence-electron chi connectivity index (χ4n) is 3.93. The lowest BCUT2D eigenvalue weighted by Crippen LogP contribution is -2.24. The average Bonchev–Trinajstić information content (AvgIpc) is 3.29. The predicted molar refractivity (Wildman–Crippen MR) is 136 cm³/mol.